The highest BCUT2D eigenvalue weighted by Gasteiger charge is 2.37. The Morgan fingerprint density at radius 2 is 2.17 bits per heavy atom. The number of esters is 1. The fraction of sp³-hybridized carbons (Fsp3) is 0.500. The zero-order valence-corrected chi connectivity index (χ0v) is 13.8. The molecule has 1 heterocycles. The molecular weight excluding hydrogens is 354 g/mol. The van der Waals surface area contributed by atoms with Gasteiger partial charge in [-0.15, -0.1) is 0 Å². The molecule has 1 aromatic carbocycles. The molecular formula is C14H15ClF2O5S. The number of ether oxygens (including phenoxy) is 2. The van der Waals surface area contributed by atoms with Crippen LogP contribution in [0.5, 0.6) is 0 Å². The second-order valence-electron chi connectivity index (χ2n) is 4.84. The van der Waals surface area contributed by atoms with Gasteiger partial charge in [-0.25, -0.2) is 22.0 Å². The molecule has 0 radical (unpaired) electrons. The third kappa shape index (κ3) is 3.49. The predicted molar refractivity (Wildman–Crippen MR) is 78.7 cm³/mol. The number of halogens is 3. The summed E-state index contributed by atoms with van der Waals surface area (Å²) in [6.45, 7) is 0.550. The van der Waals surface area contributed by atoms with E-state index in [1.165, 1.54) is 0 Å². The molecule has 0 bridgehead atoms. The van der Waals surface area contributed by atoms with E-state index in [1.54, 1.807) is 6.92 Å². The molecule has 0 saturated carbocycles. The standard InChI is InChI=1S/C14H15ClF2O5S/c1-2-21-14(18)8-7-9(17)13-11(12(8)15)10(22-5-4-16)3-6-23(13,19)20/h7,10H,2-6H2,1H3. The Morgan fingerprint density at radius 1 is 1.48 bits per heavy atom. The summed E-state index contributed by atoms with van der Waals surface area (Å²) in [5.41, 5.74) is -0.426. The van der Waals surface area contributed by atoms with E-state index >= 15 is 0 Å². The van der Waals surface area contributed by atoms with E-state index < -0.39 is 39.3 Å². The van der Waals surface area contributed by atoms with Crippen LogP contribution < -0.4 is 0 Å². The number of rotatable bonds is 5. The van der Waals surface area contributed by atoms with Crippen molar-refractivity contribution in [3.8, 4) is 0 Å². The maximum absolute atomic E-state index is 14.3. The van der Waals surface area contributed by atoms with Gasteiger partial charge in [0.1, 0.15) is 17.4 Å². The second-order valence-corrected chi connectivity index (χ2v) is 7.26. The van der Waals surface area contributed by atoms with Gasteiger partial charge in [0.2, 0.25) is 0 Å². The molecule has 9 heteroatoms. The molecule has 0 amide bonds. The van der Waals surface area contributed by atoms with E-state index in [-0.39, 0.29) is 41.5 Å². The molecule has 128 valence electrons. The number of alkyl halides is 1. The van der Waals surface area contributed by atoms with Crippen LogP contribution in [0.15, 0.2) is 11.0 Å². The van der Waals surface area contributed by atoms with Gasteiger partial charge < -0.3 is 9.47 Å². The van der Waals surface area contributed by atoms with Crippen LogP contribution in [0.3, 0.4) is 0 Å². The fourth-order valence-corrected chi connectivity index (χ4v) is 4.51. The Morgan fingerprint density at radius 3 is 2.78 bits per heavy atom. The number of fused-ring (bicyclic) bond motifs is 1. The van der Waals surface area contributed by atoms with Crippen LogP contribution >= 0.6 is 11.6 Å². The monoisotopic (exact) mass is 368 g/mol. The minimum Gasteiger partial charge on any atom is -0.462 e. The van der Waals surface area contributed by atoms with Crippen LogP contribution in [0.4, 0.5) is 8.78 Å². The Bertz CT molecular complexity index is 720. The van der Waals surface area contributed by atoms with Gasteiger partial charge in [-0.3, -0.25) is 0 Å². The smallest absolute Gasteiger partial charge is 0.339 e. The van der Waals surface area contributed by atoms with E-state index in [2.05, 4.69) is 0 Å². The first kappa shape index (κ1) is 18.1. The van der Waals surface area contributed by atoms with E-state index in [0.29, 0.717) is 0 Å². The van der Waals surface area contributed by atoms with Crippen LogP contribution in [-0.2, 0) is 19.3 Å². The summed E-state index contributed by atoms with van der Waals surface area (Å²) in [5, 5.41) is -0.244. The Balaban J connectivity index is 2.64. The van der Waals surface area contributed by atoms with Crippen molar-refractivity contribution in [2.24, 2.45) is 0 Å². The molecule has 0 fully saturated rings. The minimum atomic E-state index is -3.89. The van der Waals surface area contributed by atoms with Crippen molar-refractivity contribution in [2.45, 2.75) is 24.3 Å². The quantitative estimate of drug-likeness (QED) is 0.747. The molecule has 1 aliphatic heterocycles. The lowest BCUT2D eigenvalue weighted by atomic mass is 10.0. The predicted octanol–water partition coefficient (Wildman–Crippen LogP) is 2.86. The van der Waals surface area contributed by atoms with Crippen LogP contribution in [0, 0.1) is 5.82 Å². The zero-order valence-electron chi connectivity index (χ0n) is 12.3. The molecule has 0 saturated heterocycles. The van der Waals surface area contributed by atoms with Crippen LogP contribution in [-0.4, -0.2) is 40.0 Å². The Kier molecular flexibility index (Phi) is 5.59. The Labute approximate surface area is 137 Å². The first-order chi connectivity index (χ1) is 10.8. The third-order valence-electron chi connectivity index (χ3n) is 3.38. The van der Waals surface area contributed by atoms with E-state index in [1.807, 2.05) is 0 Å². The highest BCUT2D eigenvalue weighted by Crippen LogP contribution is 2.42. The summed E-state index contributed by atoms with van der Waals surface area (Å²) < 4.78 is 60.9. The maximum Gasteiger partial charge on any atom is 0.339 e. The first-order valence-electron chi connectivity index (χ1n) is 6.92. The van der Waals surface area contributed by atoms with Gasteiger partial charge in [0.05, 0.1) is 35.7 Å². The van der Waals surface area contributed by atoms with E-state index in [9.17, 15) is 22.0 Å². The normalized spacial score (nSPS) is 19.2. The number of benzene rings is 1. The van der Waals surface area contributed by atoms with E-state index in [4.69, 9.17) is 21.1 Å². The van der Waals surface area contributed by atoms with Crippen LogP contribution in [0.2, 0.25) is 5.02 Å². The average Bonchev–Trinajstić information content (AvgIpc) is 2.49. The number of hydrogen-bond acceptors (Lipinski definition) is 5. The topological polar surface area (TPSA) is 69.7 Å². The molecule has 0 spiro atoms. The molecule has 2 rings (SSSR count). The van der Waals surface area contributed by atoms with Gasteiger partial charge in [-0.1, -0.05) is 11.6 Å². The summed E-state index contributed by atoms with van der Waals surface area (Å²) in [7, 11) is -3.89. The van der Waals surface area contributed by atoms with Gasteiger partial charge >= 0.3 is 5.97 Å². The second kappa shape index (κ2) is 7.11. The highest BCUT2D eigenvalue weighted by atomic mass is 35.5. The van der Waals surface area contributed by atoms with Gasteiger partial charge in [0, 0.05) is 5.56 Å². The van der Waals surface area contributed by atoms with Gasteiger partial charge in [0.25, 0.3) is 0 Å². The summed E-state index contributed by atoms with van der Waals surface area (Å²) in [4.78, 5) is 11.3. The number of carbonyl (C=O) groups is 1. The number of carbonyl (C=O) groups excluding carboxylic acids is 1. The Hall–Kier alpha value is -1.25. The summed E-state index contributed by atoms with van der Waals surface area (Å²) >= 11 is 6.12. The van der Waals surface area contributed by atoms with Crippen molar-refractivity contribution in [1.82, 2.24) is 0 Å². The van der Waals surface area contributed by atoms with Gasteiger partial charge in [0.15, 0.2) is 9.84 Å². The number of sulfone groups is 1. The fourth-order valence-electron chi connectivity index (χ4n) is 2.45. The lowest BCUT2D eigenvalue weighted by Crippen LogP contribution is -2.25. The molecule has 0 aliphatic carbocycles. The molecule has 1 aromatic rings. The zero-order chi connectivity index (χ0) is 17.2. The highest BCUT2D eigenvalue weighted by molar-refractivity contribution is 7.91. The molecule has 1 atom stereocenters. The van der Waals surface area contributed by atoms with Gasteiger partial charge in [-0.05, 0) is 19.4 Å². The van der Waals surface area contributed by atoms with E-state index in [0.717, 1.165) is 6.07 Å². The van der Waals surface area contributed by atoms with Crippen molar-refractivity contribution < 1.29 is 31.5 Å². The van der Waals surface area contributed by atoms with Crippen molar-refractivity contribution in [3.63, 3.8) is 0 Å². The first-order valence-corrected chi connectivity index (χ1v) is 8.95. The molecule has 23 heavy (non-hydrogen) atoms. The van der Waals surface area contributed by atoms with Crippen molar-refractivity contribution >= 4 is 27.4 Å². The molecule has 0 aromatic heterocycles. The lowest BCUT2D eigenvalue weighted by Gasteiger charge is -2.27. The third-order valence-corrected chi connectivity index (χ3v) is 5.60. The number of hydrogen-bond donors (Lipinski definition) is 0. The maximum atomic E-state index is 14.3. The average molecular weight is 369 g/mol. The molecule has 1 unspecified atom stereocenters. The molecule has 5 nitrogen and oxygen atoms in total. The van der Waals surface area contributed by atoms with Crippen molar-refractivity contribution in [1.29, 1.82) is 0 Å². The largest absolute Gasteiger partial charge is 0.462 e. The molecule has 0 N–H and O–H groups in total. The summed E-state index contributed by atoms with van der Waals surface area (Å²) in [6.07, 6.45) is -0.901. The minimum absolute atomic E-state index is 0.000766. The lowest BCUT2D eigenvalue weighted by molar-refractivity contribution is 0.0377. The SMILES string of the molecule is CCOC(=O)c1cc(F)c2c(c1Cl)C(OCCF)CCS2(=O)=O. The molecule has 1 aliphatic rings. The van der Waals surface area contributed by atoms with Crippen LogP contribution in [0.25, 0.3) is 0 Å². The summed E-state index contributed by atoms with van der Waals surface area (Å²) in [5.74, 6) is -2.31. The van der Waals surface area contributed by atoms with Crippen LogP contribution in [0.1, 0.15) is 35.4 Å². The van der Waals surface area contributed by atoms with Gasteiger partial charge in [-0.2, -0.15) is 0 Å². The van der Waals surface area contributed by atoms with Crippen molar-refractivity contribution in [3.05, 3.63) is 28.0 Å². The van der Waals surface area contributed by atoms with Crippen molar-refractivity contribution in [2.75, 3.05) is 25.6 Å². The summed E-state index contributed by atoms with van der Waals surface area (Å²) in [6, 6.07) is 0.744.